The van der Waals surface area contributed by atoms with Gasteiger partial charge in [0, 0.05) is 11.6 Å². The van der Waals surface area contributed by atoms with E-state index in [1.54, 1.807) is 43.3 Å². The number of benzene rings is 2. The van der Waals surface area contributed by atoms with Gasteiger partial charge in [-0.1, -0.05) is 41.4 Å². The van der Waals surface area contributed by atoms with E-state index in [9.17, 15) is 9.59 Å². The van der Waals surface area contributed by atoms with Crippen molar-refractivity contribution in [2.24, 2.45) is 0 Å². The topological polar surface area (TPSA) is 46.6 Å². The number of rotatable bonds is 5. The summed E-state index contributed by atoms with van der Waals surface area (Å²) in [6, 6.07) is 12.6. The maximum absolute atomic E-state index is 12.1. The molecule has 2 aromatic rings. The number of likely N-dealkylation sites (N-methyl/N-ethyl adjacent to an activating group) is 1. The van der Waals surface area contributed by atoms with E-state index in [2.05, 4.69) is 0 Å². The lowest BCUT2D eigenvalue weighted by atomic mass is 10.2. The molecule has 2 aromatic carbocycles. The third-order valence-electron chi connectivity index (χ3n) is 3.75. The molecule has 0 aromatic heterocycles. The van der Waals surface area contributed by atoms with E-state index in [-0.39, 0.29) is 11.1 Å². The van der Waals surface area contributed by atoms with Gasteiger partial charge in [-0.05, 0) is 60.2 Å². The highest BCUT2D eigenvalue weighted by Gasteiger charge is 2.33. The fourth-order valence-corrected chi connectivity index (χ4v) is 3.66. The SMILES string of the molecule is CCN1C(=O)SC(=Cc2ccc(OCc3ccc(Cl)cc3)c(Cl)c2)C1=O. The Morgan fingerprint density at radius 1 is 1.12 bits per heavy atom. The molecule has 0 radical (unpaired) electrons. The second-order valence-corrected chi connectivity index (χ2v) is 7.37. The van der Waals surface area contributed by atoms with Gasteiger partial charge < -0.3 is 4.74 Å². The highest BCUT2D eigenvalue weighted by Crippen LogP contribution is 2.33. The lowest BCUT2D eigenvalue weighted by Gasteiger charge is -2.09. The number of carbonyl (C=O) groups is 2. The first-order chi connectivity index (χ1) is 12.5. The smallest absolute Gasteiger partial charge is 0.293 e. The Hall–Kier alpha value is -1.95. The molecule has 0 saturated carbocycles. The molecule has 0 atom stereocenters. The predicted molar refractivity (Wildman–Crippen MR) is 106 cm³/mol. The highest BCUT2D eigenvalue weighted by atomic mass is 35.5. The Balaban J connectivity index is 1.71. The van der Waals surface area contributed by atoms with Gasteiger partial charge in [-0.15, -0.1) is 0 Å². The molecule has 1 heterocycles. The maximum atomic E-state index is 12.1. The Morgan fingerprint density at radius 2 is 1.85 bits per heavy atom. The second-order valence-electron chi connectivity index (χ2n) is 5.53. The molecule has 2 amide bonds. The van der Waals surface area contributed by atoms with Gasteiger partial charge in [0.15, 0.2) is 0 Å². The van der Waals surface area contributed by atoms with Crippen LogP contribution in [-0.2, 0) is 11.4 Å². The van der Waals surface area contributed by atoms with Crippen molar-refractivity contribution in [2.75, 3.05) is 6.54 Å². The molecular formula is C19H15Cl2NO3S. The molecule has 0 N–H and O–H groups in total. The Bertz CT molecular complexity index is 881. The number of nitrogens with zero attached hydrogens (tertiary/aromatic N) is 1. The first kappa shape index (κ1) is 18.8. The Morgan fingerprint density at radius 3 is 2.46 bits per heavy atom. The zero-order valence-corrected chi connectivity index (χ0v) is 16.2. The van der Waals surface area contributed by atoms with Crippen LogP contribution >= 0.6 is 35.0 Å². The molecule has 0 unspecified atom stereocenters. The van der Waals surface area contributed by atoms with Gasteiger partial charge in [0.25, 0.3) is 11.1 Å². The highest BCUT2D eigenvalue weighted by molar-refractivity contribution is 8.18. The normalized spacial score (nSPS) is 15.8. The molecule has 0 aliphatic carbocycles. The number of imide groups is 1. The van der Waals surface area contributed by atoms with Crippen LogP contribution in [0.15, 0.2) is 47.4 Å². The van der Waals surface area contributed by atoms with Gasteiger partial charge >= 0.3 is 0 Å². The van der Waals surface area contributed by atoms with Crippen molar-refractivity contribution in [1.82, 2.24) is 4.90 Å². The summed E-state index contributed by atoms with van der Waals surface area (Å²) in [5.41, 5.74) is 1.71. The fraction of sp³-hybridized carbons (Fsp3) is 0.158. The molecule has 7 heteroatoms. The molecule has 3 rings (SSSR count). The van der Waals surface area contributed by atoms with E-state index in [0.29, 0.717) is 33.9 Å². The summed E-state index contributed by atoms with van der Waals surface area (Å²) in [7, 11) is 0. The van der Waals surface area contributed by atoms with Crippen LogP contribution in [0.3, 0.4) is 0 Å². The third kappa shape index (κ3) is 4.23. The summed E-state index contributed by atoms with van der Waals surface area (Å²) in [5.74, 6) is 0.266. The molecule has 1 aliphatic heterocycles. The van der Waals surface area contributed by atoms with Crippen LogP contribution in [0.1, 0.15) is 18.1 Å². The largest absolute Gasteiger partial charge is 0.487 e. The average molecular weight is 408 g/mol. The quantitative estimate of drug-likeness (QED) is 0.602. The van der Waals surface area contributed by atoms with Crippen molar-refractivity contribution in [3.8, 4) is 5.75 Å². The molecule has 4 nitrogen and oxygen atoms in total. The standard InChI is InChI=1S/C19H15Cl2NO3S/c1-2-22-18(23)17(26-19(22)24)10-13-5-8-16(15(21)9-13)25-11-12-3-6-14(20)7-4-12/h3-10H,2,11H2,1H3. The van der Waals surface area contributed by atoms with Crippen LogP contribution in [0.5, 0.6) is 5.75 Å². The van der Waals surface area contributed by atoms with Crippen molar-refractivity contribution < 1.29 is 14.3 Å². The van der Waals surface area contributed by atoms with Crippen LogP contribution < -0.4 is 4.74 Å². The molecule has 26 heavy (non-hydrogen) atoms. The van der Waals surface area contributed by atoms with Crippen molar-refractivity contribution >= 4 is 52.2 Å². The lowest BCUT2D eigenvalue weighted by Crippen LogP contribution is -2.27. The van der Waals surface area contributed by atoms with Gasteiger partial charge in [-0.2, -0.15) is 0 Å². The molecule has 0 bridgehead atoms. The van der Waals surface area contributed by atoms with Crippen LogP contribution in [0, 0.1) is 0 Å². The minimum absolute atomic E-state index is 0.252. The van der Waals surface area contributed by atoms with E-state index in [0.717, 1.165) is 22.9 Å². The monoisotopic (exact) mass is 407 g/mol. The molecular weight excluding hydrogens is 393 g/mol. The molecule has 0 spiro atoms. The second kappa shape index (κ2) is 8.16. The van der Waals surface area contributed by atoms with E-state index in [4.69, 9.17) is 27.9 Å². The van der Waals surface area contributed by atoms with Crippen molar-refractivity contribution in [2.45, 2.75) is 13.5 Å². The molecule has 134 valence electrons. The Labute approximate surface area is 165 Å². The number of thioether (sulfide) groups is 1. The van der Waals surface area contributed by atoms with E-state index >= 15 is 0 Å². The van der Waals surface area contributed by atoms with E-state index in [1.807, 2.05) is 12.1 Å². The first-order valence-electron chi connectivity index (χ1n) is 7.90. The van der Waals surface area contributed by atoms with Crippen LogP contribution in [0.25, 0.3) is 6.08 Å². The molecule has 1 fully saturated rings. The van der Waals surface area contributed by atoms with Crippen molar-refractivity contribution in [3.05, 3.63) is 68.5 Å². The van der Waals surface area contributed by atoms with Gasteiger partial charge in [0.05, 0.1) is 9.93 Å². The van der Waals surface area contributed by atoms with Gasteiger partial charge in [-0.3, -0.25) is 14.5 Å². The summed E-state index contributed by atoms with van der Waals surface area (Å²) in [5, 5.41) is 0.851. The molecule has 1 saturated heterocycles. The number of ether oxygens (including phenoxy) is 1. The van der Waals surface area contributed by atoms with Crippen LogP contribution in [0.4, 0.5) is 4.79 Å². The summed E-state index contributed by atoms with van der Waals surface area (Å²) in [6.07, 6.45) is 1.66. The average Bonchev–Trinajstić information content (AvgIpc) is 2.88. The number of amides is 2. The van der Waals surface area contributed by atoms with Gasteiger partial charge in [0.2, 0.25) is 0 Å². The maximum Gasteiger partial charge on any atom is 0.293 e. The molecule has 1 aliphatic rings. The van der Waals surface area contributed by atoms with Crippen molar-refractivity contribution in [1.29, 1.82) is 0 Å². The third-order valence-corrected chi connectivity index (χ3v) is 5.21. The number of hydrogen-bond acceptors (Lipinski definition) is 4. The first-order valence-corrected chi connectivity index (χ1v) is 9.47. The van der Waals surface area contributed by atoms with Crippen LogP contribution in [-0.4, -0.2) is 22.6 Å². The van der Waals surface area contributed by atoms with E-state index < -0.39 is 0 Å². The number of hydrogen-bond donors (Lipinski definition) is 0. The summed E-state index contributed by atoms with van der Waals surface area (Å²) >= 11 is 13.1. The minimum Gasteiger partial charge on any atom is -0.487 e. The zero-order valence-electron chi connectivity index (χ0n) is 13.9. The summed E-state index contributed by atoms with van der Waals surface area (Å²) < 4.78 is 5.73. The Kier molecular flexibility index (Phi) is 5.91. The van der Waals surface area contributed by atoms with Crippen LogP contribution in [0.2, 0.25) is 10.0 Å². The fourth-order valence-electron chi connectivity index (χ4n) is 2.39. The summed E-state index contributed by atoms with van der Waals surface area (Å²) in [6.45, 7) is 2.49. The van der Waals surface area contributed by atoms with Gasteiger partial charge in [-0.25, -0.2) is 0 Å². The lowest BCUT2D eigenvalue weighted by molar-refractivity contribution is -0.122. The minimum atomic E-state index is -0.276. The zero-order chi connectivity index (χ0) is 18.7. The number of halogens is 2. The number of carbonyl (C=O) groups excluding carboxylic acids is 2. The van der Waals surface area contributed by atoms with Crippen molar-refractivity contribution in [3.63, 3.8) is 0 Å². The van der Waals surface area contributed by atoms with E-state index in [1.165, 1.54) is 4.90 Å². The van der Waals surface area contributed by atoms with Gasteiger partial charge in [0.1, 0.15) is 12.4 Å². The summed E-state index contributed by atoms with van der Waals surface area (Å²) in [4.78, 5) is 25.5. The predicted octanol–water partition coefficient (Wildman–Crippen LogP) is 5.63.